The number of hydrogen-bond acceptors (Lipinski definition) is 6. The molecule has 0 bridgehead atoms. The maximum absolute atomic E-state index is 12.3. The van der Waals surface area contributed by atoms with Crippen LogP contribution in [0.1, 0.15) is 5.56 Å². The molecule has 0 amide bonds. The molecule has 134 valence electrons. The van der Waals surface area contributed by atoms with Crippen LogP contribution < -0.4 is 10.2 Å². The van der Waals surface area contributed by atoms with E-state index in [4.69, 9.17) is 9.26 Å². The highest BCUT2D eigenvalue weighted by atomic mass is 16.5. The summed E-state index contributed by atoms with van der Waals surface area (Å²) in [7, 11) is 1.59. The summed E-state index contributed by atoms with van der Waals surface area (Å²) in [5, 5.41) is 8.35. The Morgan fingerprint density at radius 2 is 1.93 bits per heavy atom. The SMILES string of the molecule is COc1cccc(-n2ccc(=O)c(-c3nc(-c4cccc(C)c4)no3)n2)c1. The van der Waals surface area contributed by atoms with Gasteiger partial charge in [0, 0.05) is 23.9 Å². The molecule has 2 heterocycles. The maximum atomic E-state index is 12.3. The molecule has 2 aromatic heterocycles. The largest absolute Gasteiger partial charge is 0.497 e. The zero-order valence-corrected chi connectivity index (χ0v) is 14.8. The van der Waals surface area contributed by atoms with Crippen molar-refractivity contribution >= 4 is 0 Å². The van der Waals surface area contributed by atoms with Crippen molar-refractivity contribution in [3.63, 3.8) is 0 Å². The summed E-state index contributed by atoms with van der Waals surface area (Å²) >= 11 is 0. The molecule has 0 aliphatic carbocycles. The molecule has 2 aromatic carbocycles. The lowest BCUT2D eigenvalue weighted by Gasteiger charge is -2.07. The third-order valence-corrected chi connectivity index (χ3v) is 4.03. The standard InChI is InChI=1S/C20H16N4O3/c1-13-5-3-6-14(11-13)19-21-20(27-23-19)18-17(25)9-10-24(22-18)15-7-4-8-16(12-15)26-2/h3-12H,1-2H3. The van der Waals surface area contributed by atoms with Crippen molar-refractivity contribution < 1.29 is 9.26 Å². The first-order chi connectivity index (χ1) is 13.1. The summed E-state index contributed by atoms with van der Waals surface area (Å²) < 4.78 is 12.1. The maximum Gasteiger partial charge on any atom is 0.282 e. The van der Waals surface area contributed by atoms with E-state index in [2.05, 4.69) is 15.2 Å². The number of rotatable bonds is 4. The van der Waals surface area contributed by atoms with Crippen LogP contribution in [-0.2, 0) is 0 Å². The highest BCUT2D eigenvalue weighted by molar-refractivity contribution is 5.58. The lowest BCUT2D eigenvalue weighted by atomic mass is 10.1. The van der Waals surface area contributed by atoms with Gasteiger partial charge in [-0.2, -0.15) is 10.1 Å². The van der Waals surface area contributed by atoms with Crippen molar-refractivity contribution in [3.8, 4) is 34.4 Å². The van der Waals surface area contributed by atoms with Gasteiger partial charge in [-0.25, -0.2) is 4.68 Å². The molecular formula is C20H16N4O3. The molecule has 0 radical (unpaired) electrons. The minimum atomic E-state index is -0.298. The summed E-state index contributed by atoms with van der Waals surface area (Å²) in [5.74, 6) is 1.18. The average molecular weight is 360 g/mol. The third kappa shape index (κ3) is 3.35. The predicted octanol–water partition coefficient (Wildman–Crippen LogP) is 3.27. The molecule has 0 fully saturated rings. The van der Waals surface area contributed by atoms with Crippen molar-refractivity contribution in [2.75, 3.05) is 7.11 Å². The number of aromatic nitrogens is 4. The fraction of sp³-hybridized carbons (Fsp3) is 0.100. The Morgan fingerprint density at radius 1 is 1.07 bits per heavy atom. The highest BCUT2D eigenvalue weighted by Gasteiger charge is 2.16. The van der Waals surface area contributed by atoms with Crippen molar-refractivity contribution in [1.82, 2.24) is 19.9 Å². The minimum Gasteiger partial charge on any atom is -0.497 e. The van der Waals surface area contributed by atoms with Crippen molar-refractivity contribution in [2.24, 2.45) is 0 Å². The zero-order chi connectivity index (χ0) is 18.8. The van der Waals surface area contributed by atoms with Gasteiger partial charge in [0.25, 0.3) is 5.89 Å². The third-order valence-electron chi connectivity index (χ3n) is 4.03. The Balaban J connectivity index is 1.75. The molecule has 0 saturated heterocycles. The second kappa shape index (κ2) is 6.87. The molecule has 0 aliphatic heterocycles. The molecule has 4 rings (SSSR count). The van der Waals surface area contributed by atoms with E-state index >= 15 is 0 Å². The average Bonchev–Trinajstić information content (AvgIpc) is 3.18. The Morgan fingerprint density at radius 3 is 2.74 bits per heavy atom. The molecule has 0 saturated carbocycles. The molecule has 27 heavy (non-hydrogen) atoms. The van der Waals surface area contributed by atoms with Gasteiger partial charge < -0.3 is 9.26 Å². The van der Waals surface area contributed by atoms with Crippen molar-refractivity contribution in [2.45, 2.75) is 6.92 Å². The first-order valence-electron chi connectivity index (χ1n) is 8.29. The Kier molecular flexibility index (Phi) is 4.25. The van der Waals surface area contributed by atoms with Crippen LogP contribution in [0.25, 0.3) is 28.7 Å². The molecule has 0 aliphatic rings. The van der Waals surface area contributed by atoms with Crippen molar-refractivity contribution in [1.29, 1.82) is 0 Å². The van der Waals surface area contributed by atoms with E-state index < -0.39 is 0 Å². The van der Waals surface area contributed by atoms with Gasteiger partial charge in [-0.15, -0.1) is 0 Å². The number of methoxy groups -OCH3 is 1. The molecule has 0 unspecified atom stereocenters. The van der Waals surface area contributed by atoms with E-state index in [1.54, 1.807) is 18.0 Å². The Labute approximate surface area is 154 Å². The van der Waals surface area contributed by atoms with Gasteiger partial charge in [0.2, 0.25) is 11.3 Å². The number of nitrogens with zero attached hydrogens (tertiary/aromatic N) is 4. The molecule has 7 nitrogen and oxygen atoms in total. The van der Waals surface area contributed by atoms with Crippen LogP contribution in [0.5, 0.6) is 5.75 Å². The Hall–Kier alpha value is -3.74. The van der Waals surface area contributed by atoms with E-state index in [1.165, 1.54) is 6.07 Å². The van der Waals surface area contributed by atoms with Crippen LogP contribution in [0.4, 0.5) is 0 Å². The van der Waals surface area contributed by atoms with Crippen LogP contribution >= 0.6 is 0 Å². The number of hydrogen-bond donors (Lipinski definition) is 0. The fourth-order valence-electron chi connectivity index (χ4n) is 2.67. The minimum absolute atomic E-state index is 0.0775. The van der Waals surface area contributed by atoms with Gasteiger partial charge >= 0.3 is 0 Å². The molecule has 0 N–H and O–H groups in total. The van der Waals surface area contributed by atoms with E-state index in [9.17, 15) is 4.79 Å². The van der Waals surface area contributed by atoms with Crippen LogP contribution in [0.3, 0.4) is 0 Å². The molecular weight excluding hydrogens is 344 g/mol. The van der Waals surface area contributed by atoms with Crippen molar-refractivity contribution in [3.05, 3.63) is 76.6 Å². The smallest absolute Gasteiger partial charge is 0.282 e. The first kappa shape index (κ1) is 16.7. The predicted molar refractivity (Wildman–Crippen MR) is 99.9 cm³/mol. The quantitative estimate of drug-likeness (QED) is 0.555. The van der Waals surface area contributed by atoms with Crippen LogP contribution in [0.2, 0.25) is 0 Å². The summed E-state index contributed by atoms with van der Waals surface area (Å²) in [5.41, 5.74) is 2.43. The highest BCUT2D eigenvalue weighted by Crippen LogP contribution is 2.21. The van der Waals surface area contributed by atoms with E-state index in [1.807, 2.05) is 55.5 Å². The second-order valence-corrected chi connectivity index (χ2v) is 5.97. The molecule has 4 aromatic rings. The monoisotopic (exact) mass is 360 g/mol. The van der Waals surface area contributed by atoms with Crippen LogP contribution in [0, 0.1) is 6.92 Å². The van der Waals surface area contributed by atoms with E-state index in [0.29, 0.717) is 11.6 Å². The summed E-state index contributed by atoms with van der Waals surface area (Å²) in [6.07, 6.45) is 1.58. The lowest BCUT2D eigenvalue weighted by Crippen LogP contribution is -2.12. The zero-order valence-electron chi connectivity index (χ0n) is 14.8. The van der Waals surface area contributed by atoms with E-state index in [0.717, 1.165) is 16.8 Å². The van der Waals surface area contributed by atoms with Gasteiger partial charge in [-0.1, -0.05) is 35.0 Å². The fourth-order valence-corrected chi connectivity index (χ4v) is 2.67. The number of ether oxygens (including phenoxy) is 1. The summed E-state index contributed by atoms with van der Waals surface area (Å²) in [4.78, 5) is 16.6. The number of aryl methyl sites for hydroxylation is 1. The topological polar surface area (TPSA) is 83.0 Å². The van der Waals surface area contributed by atoms with Gasteiger partial charge in [0.05, 0.1) is 12.8 Å². The molecule has 0 atom stereocenters. The summed E-state index contributed by atoms with van der Waals surface area (Å²) in [6, 6.07) is 16.5. The van der Waals surface area contributed by atoms with Crippen LogP contribution in [-0.4, -0.2) is 27.0 Å². The normalized spacial score (nSPS) is 10.7. The van der Waals surface area contributed by atoms with Gasteiger partial charge in [0.15, 0.2) is 5.69 Å². The van der Waals surface area contributed by atoms with Gasteiger partial charge in [0.1, 0.15) is 5.75 Å². The second-order valence-electron chi connectivity index (χ2n) is 5.97. The van der Waals surface area contributed by atoms with E-state index in [-0.39, 0.29) is 17.0 Å². The molecule has 7 heteroatoms. The number of benzene rings is 2. The molecule has 0 spiro atoms. The lowest BCUT2D eigenvalue weighted by molar-refractivity contribution is 0.414. The first-order valence-corrected chi connectivity index (χ1v) is 8.29. The Bertz CT molecular complexity index is 1160. The van der Waals surface area contributed by atoms with Crippen LogP contribution in [0.15, 0.2) is 70.1 Å². The van der Waals surface area contributed by atoms with Gasteiger partial charge in [-0.05, 0) is 25.1 Å². The summed E-state index contributed by atoms with van der Waals surface area (Å²) in [6.45, 7) is 1.98. The van der Waals surface area contributed by atoms with Gasteiger partial charge in [-0.3, -0.25) is 4.79 Å².